The molecule has 1 saturated heterocycles. The number of Topliss-reactive ketones (excluding diaryl/α,β-unsaturated/α-hetero) is 1. The molecule has 166 valence electrons. The van der Waals surface area contributed by atoms with Gasteiger partial charge in [-0.05, 0) is 36.8 Å². The normalized spacial score (nSPS) is 17.2. The highest BCUT2D eigenvalue weighted by atomic mass is 16.6. The van der Waals surface area contributed by atoms with Gasteiger partial charge < -0.3 is 9.84 Å². The number of nitrogens with zero attached hydrogens (tertiary/aromatic N) is 2. The molecule has 1 atom stereocenters. The Morgan fingerprint density at radius 3 is 2.36 bits per heavy atom. The highest BCUT2D eigenvalue weighted by molar-refractivity contribution is 6.51. The number of amides is 1. The number of aliphatic hydroxyl groups is 1. The molecule has 0 radical (unpaired) electrons. The summed E-state index contributed by atoms with van der Waals surface area (Å²) >= 11 is 0. The van der Waals surface area contributed by atoms with Gasteiger partial charge in [-0.1, -0.05) is 42.5 Å². The van der Waals surface area contributed by atoms with Crippen LogP contribution in [0.4, 0.5) is 11.4 Å². The van der Waals surface area contributed by atoms with Gasteiger partial charge in [0.05, 0.1) is 23.1 Å². The van der Waals surface area contributed by atoms with Crippen molar-refractivity contribution in [2.75, 3.05) is 11.5 Å². The molecular weight excluding hydrogens is 424 g/mol. The minimum atomic E-state index is -1.05. The molecule has 0 bridgehead atoms. The van der Waals surface area contributed by atoms with Crippen molar-refractivity contribution in [3.05, 3.63) is 106 Å². The zero-order valence-corrected chi connectivity index (χ0v) is 17.7. The van der Waals surface area contributed by atoms with Crippen LogP contribution in [0.1, 0.15) is 24.1 Å². The first-order valence-electron chi connectivity index (χ1n) is 10.3. The van der Waals surface area contributed by atoms with E-state index < -0.39 is 22.7 Å². The van der Waals surface area contributed by atoms with E-state index in [9.17, 15) is 24.8 Å². The summed E-state index contributed by atoms with van der Waals surface area (Å²) in [5, 5.41) is 22.4. The van der Waals surface area contributed by atoms with E-state index in [1.54, 1.807) is 60.7 Å². The number of hydrogen-bond acceptors (Lipinski definition) is 6. The Kier molecular flexibility index (Phi) is 5.91. The molecule has 0 saturated carbocycles. The van der Waals surface area contributed by atoms with Crippen molar-refractivity contribution in [3.8, 4) is 5.75 Å². The van der Waals surface area contributed by atoms with E-state index >= 15 is 0 Å². The second-order valence-corrected chi connectivity index (χ2v) is 7.31. The Morgan fingerprint density at radius 2 is 1.73 bits per heavy atom. The molecule has 0 aliphatic carbocycles. The topological polar surface area (TPSA) is 110 Å². The number of non-ortho nitro benzene ring substituents is 1. The van der Waals surface area contributed by atoms with E-state index in [4.69, 9.17) is 4.74 Å². The Morgan fingerprint density at radius 1 is 1.03 bits per heavy atom. The summed E-state index contributed by atoms with van der Waals surface area (Å²) in [6.45, 7) is 2.31. The van der Waals surface area contributed by atoms with Crippen molar-refractivity contribution in [2.45, 2.75) is 13.0 Å². The number of carbonyl (C=O) groups excluding carboxylic acids is 2. The number of benzene rings is 3. The van der Waals surface area contributed by atoms with Crippen LogP contribution in [-0.2, 0) is 9.59 Å². The number of carbonyl (C=O) groups is 2. The van der Waals surface area contributed by atoms with Gasteiger partial charge in [0.25, 0.3) is 17.4 Å². The third kappa shape index (κ3) is 4.06. The van der Waals surface area contributed by atoms with Crippen LogP contribution in [0.3, 0.4) is 0 Å². The lowest BCUT2D eigenvalue weighted by molar-refractivity contribution is -0.384. The number of ether oxygens (including phenoxy) is 1. The number of aliphatic hydroxyl groups excluding tert-OH is 1. The maximum Gasteiger partial charge on any atom is 0.300 e. The van der Waals surface area contributed by atoms with Crippen LogP contribution < -0.4 is 9.64 Å². The molecule has 8 heteroatoms. The highest BCUT2D eigenvalue weighted by Gasteiger charge is 2.47. The van der Waals surface area contributed by atoms with Crippen molar-refractivity contribution in [1.29, 1.82) is 0 Å². The van der Waals surface area contributed by atoms with Gasteiger partial charge >= 0.3 is 0 Å². The second-order valence-electron chi connectivity index (χ2n) is 7.31. The SMILES string of the molecule is CCOc1ccc(N2C(=O)C(=O)/C(=C(/O)c3ccccc3)[C@@H]2c2cccc([N+](=O)[O-])c2)cc1. The summed E-state index contributed by atoms with van der Waals surface area (Å²) in [7, 11) is 0. The van der Waals surface area contributed by atoms with Crippen LogP contribution in [0.5, 0.6) is 5.75 Å². The van der Waals surface area contributed by atoms with E-state index in [-0.39, 0.29) is 17.0 Å². The van der Waals surface area contributed by atoms with Gasteiger partial charge in [-0.2, -0.15) is 0 Å². The van der Waals surface area contributed by atoms with Crippen molar-refractivity contribution in [2.24, 2.45) is 0 Å². The molecule has 1 aliphatic rings. The molecule has 8 nitrogen and oxygen atoms in total. The molecule has 33 heavy (non-hydrogen) atoms. The van der Waals surface area contributed by atoms with Crippen molar-refractivity contribution in [3.63, 3.8) is 0 Å². The van der Waals surface area contributed by atoms with Gasteiger partial charge in [0.2, 0.25) is 0 Å². The molecule has 0 unspecified atom stereocenters. The monoisotopic (exact) mass is 444 g/mol. The molecule has 1 aliphatic heterocycles. The van der Waals surface area contributed by atoms with E-state index in [0.29, 0.717) is 29.2 Å². The van der Waals surface area contributed by atoms with E-state index in [1.807, 2.05) is 6.92 Å². The molecule has 1 heterocycles. The van der Waals surface area contributed by atoms with Gasteiger partial charge in [0, 0.05) is 23.4 Å². The fourth-order valence-corrected chi connectivity index (χ4v) is 3.84. The standard InChI is InChI=1S/C25H20N2O6/c1-2-33-20-13-11-18(12-14-20)26-22(17-9-6-10-19(15-17)27(31)32)21(24(29)25(26)30)23(28)16-7-4-3-5-8-16/h3-15,22,28H,2H2,1H3/b23-21+/t22-/m0/s1. The second kappa shape index (κ2) is 8.96. The number of hydrogen-bond donors (Lipinski definition) is 1. The summed E-state index contributed by atoms with van der Waals surface area (Å²) in [4.78, 5) is 38.3. The molecule has 3 aromatic rings. The lowest BCUT2D eigenvalue weighted by Crippen LogP contribution is -2.29. The molecule has 1 N–H and O–H groups in total. The maximum atomic E-state index is 13.1. The molecule has 1 amide bonds. The Labute approximate surface area is 189 Å². The average Bonchev–Trinajstić information content (AvgIpc) is 3.10. The fourth-order valence-electron chi connectivity index (χ4n) is 3.84. The number of nitro groups is 1. The smallest absolute Gasteiger partial charge is 0.300 e. The first-order chi connectivity index (χ1) is 15.9. The summed E-state index contributed by atoms with van der Waals surface area (Å²) in [5.74, 6) is -1.47. The number of rotatable bonds is 6. The van der Waals surface area contributed by atoms with Crippen LogP contribution in [0.2, 0.25) is 0 Å². The highest BCUT2D eigenvalue weighted by Crippen LogP contribution is 2.43. The number of ketones is 1. The maximum absolute atomic E-state index is 13.1. The van der Waals surface area contributed by atoms with Gasteiger partial charge in [-0.3, -0.25) is 24.6 Å². The lowest BCUT2D eigenvalue weighted by atomic mass is 9.95. The summed E-state index contributed by atoms with van der Waals surface area (Å²) in [6, 6.07) is 19.6. The lowest BCUT2D eigenvalue weighted by Gasteiger charge is -2.25. The molecule has 0 spiro atoms. The molecular formula is C25H20N2O6. The number of nitro benzene ring substituents is 1. The Bertz CT molecular complexity index is 1250. The van der Waals surface area contributed by atoms with E-state index in [0.717, 1.165) is 0 Å². The van der Waals surface area contributed by atoms with Crippen molar-refractivity contribution >= 4 is 28.8 Å². The zero-order chi connectivity index (χ0) is 23.5. The van der Waals surface area contributed by atoms with Gasteiger partial charge in [0.1, 0.15) is 11.5 Å². The fraction of sp³-hybridized carbons (Fsp3) is 0.120. The minimum absolute atomic E-state index is 0.138. The number of anilines is 1. The van der Waals surface area contributed by atoms with Crippen LogP contribution >= 0.6 is 0 Å². The molecule has 0 aromatic heterocycles. The van der Waals surface area contributed by atoms with Crippen molar-refractivity contribution in [1.82, 2.24) is 0 Å². The van der Waals surface area contributed by atoms with E-state index in [2.05, 4.69) is 0 Å². The van der Waals surface area contributed by atoms with Crippen LogP contribution in [0.25, 0.3) is 5.76 Å². The summed E-state index contributed by atoms with van der Waals surface area (Å²) in [6.07, 6.45) is 0. The van der Waals surface area contributed by atoms with Crippen LogP contribution in [-0.4, -0.2) is 28.3 Å². The van der Waals surface area contributed by atoms with Crippen LogP contribution in [0.15, 0.2) is 84.4 Å². The first-order valence-corrected chi connectivity index (χ1v) is 10.3. The predicted molar refractivity (Wildman–Crippen MR) is 122 cm³/mol. The Hall–Kier alpha value is -4.46. The van der Waals surface area contributed by atoms with Crippen LogP contribution in [0, 0.1) is 10.1 Å². The largest absolute Gasteiger partial charge is 0.507 e. The van der Waals surface area contributed by atoms with E-state index in [1.165, 1.54) is 23.1 Å². The summed E-state index contributed by atoms with van der Waals surface area (Å²) < 4.78 is 5.45. The molecule has 1 fully saturated rings. The molecule has 3 aromatic carbocycles. The Balaban J connectivity index is 1.92. The van der Waals surface area contributed by atoms with Gasteiger partial charge in [-0.15, -0.1) is 0 Å². The third-order valence-electron chi connectivity index (χ3n) is 5.31. The zero-order valence-electron chi connectivity index (χ0n) is 17.7. The quantitative estimate of drug-likeness (QED) is 0.195. The first kappa shape index (κ1) is 21.8. The van der Waals surface area contributed by atoms with Gasteiger partial charge in [0.15, 0.2) is 0 Å². The van der Waals surface area contributed by atoms with Crippen molar-refractivity contribution < 1.29 is 24.4 Å². The minimum Gasteiger partial charge on any atom is -0.507 e. The third-order valence-corrected chi connectivity index (χ3v) is 5.31. The van der Waals surface area contributed by atoms with Gasteiger partial charge in [-0.25, -0.2) is 0 Å². The summed E-state index contributed by atoms with van der Waals surface area (Å²) in [5.41, 5.74) is 0.752. The molecule has 4 rings (SSSR count). The predicted octanol–water partition coefficient (Wildman–Crippen LogP) is 4.62. The average molecular weight is 444 g/mol.